The number of rotatable bonds is 2. The third-order valence-electron chi connectivity index (χ3n) is 5.79. The van der Waals surface area contributed by atoms with E-state index in [9.17, 15) is 18.3 Å². The molecule has 8 heteroatoms. The van der Waals surface area contributed by atoms with Crippen LogP contribution in [0, 0.1) is 0 Å². The molecule has 3 aliphatic rings. The average molecular weight is 424 g/mol. The fourth-order valence-corrected chi connectivity index (χ4v) is 5.64. The first-order valence-electron chi connectivity index (χ1n) is 9.69. The van der Waals surface area contributed by atoms with Crippen molar-refractivity contribution in [2.75, 3.05) is 7.05 Å². The minimum Gasteiger partial charge on any atom is -0.505 e. The fourth-order valence-electron chi connectivity index (χ4n) is 4.24. The molecule has 2 N–H and O–H groups in total. The minimum atomic E-state index is -3.94. The smallest absolute Gasteiger partial charge is 0.276 e. The number of aliphatic hydroxyl groups is 1. The van der Waals surface area contributed by atoms with E-state index in [1.807, 2.05) is 0 Å². The van der Waals surface area contributed by atoms with E-state index < -0.39 is 15.9 Å². The van der Waals surface area contributed by atoms with Gasteiger partial charge in [0.15, 0.2) is 11.5 Å². The number of nitrogens with one attached hydrogen (secondary N) is 1. The maximum absolute atomic E-state index is 13.0. The van der Waals surface area contributed by atoms with Crippen LogP contribution in [-0.4, -0.2) is 30.8 Å². The summed E-state index contributed by atoms with van der Waals surface area (Å²) < 4.78 is 32.1. The molecule has 30 heavy (non-hydrogen) atoms. The number of nitrogens with zero attached hydrogens (tertiary/aromatic N) is 1. The number of allylic oxidation sites excluding steroid dienone is 1. The molecule has 1 amide bonds. The molecule has 2 aromatic carbocycles. The monoisotopic (exact) mass is 424 g/mol. The van der Waals surface area contributed by atoms with Crippen LogP contribution in [0.5, 0.6) is 5.75 Å². The molecule has 0 unspecified atom stereocenters. The quantitative estimate of drug-likeness (QED) is 0.773. The highest BCUT2D eigenvalue weighted by Crippen LogP contribution is 2.36. The van der Waals surface area contributed by atoms with E-state index in [1.54, 1.807) is 12.1 Å². The van der Waals surface area contributed by atoms with Crippen molar-refractivity contribution in [3.63, 3.8) is 0 Å². The van der Waals surface area contributed by atoms with Gasteiger partial charge in [-0.3, -0.25) is 9.10 Å². The standard InChI is InChI=1S/C22H20N2O5S/c1-24-20(21(25)17-7-2-3-8-19(17)30(24,27)28)22(26)23-16-10-15-9-13-5-4-6-14(13)11-18(15)29-12-16/h2-3,7-9,11-12,25H,4-6,10H2,1H3,(H,23,26). The summed E-state index contributed by atoms with van der Waals surface area (Å²) in [6, 6.07) is 10.2. The van der Waals surface area contributed by atoms with Gasteiger partial charge in [-0.15, -0.1) is 0 Å². The molecule has 7 nitrogen and oxygen atoms in total. The summed E-state index contributed by atoms with van der Waals surface area (Å²) in [4.78, 5) is 12.9. The second kappa shape index (κ2) is 6.63. The average Bonchev–Trinajstić information content (AvgIpc) is 3.18. The van der Waals surface area contributed by atoms with E-state index in [0.717, 1.165) is 34.9 Å². The van der Waals surface area contributed by atoms with Gasteiger partial charge in [0.05, 0.1) is 10.6 Å². The summed E-state index contributed by atoms with van der Waals surface area (Å²) in [5, 5.41) is 13.3. The molecule has 5 rings (SSSR count). The van der Waals surface area contributed by atoms with Crippen molar-refractivity contribution in [1.82, 2.24) is 9.62 Å². The Bertz CT molecular complexity index is 1260. The zero-order valence-electron chi connectivity index (χ0n) is 16.3. The van der Waals surface area contributed by atoms with E-state index in [0.29, 0.717) is 12.1 Å². The summed E-state index contributed by atoms with van der Waals surface area (Å²) in [5.74, 6) is -0.314. The number of fused-ring (bicyclic) bond motifs is 3. The molecule has 0 radical (unpaired) electrons. The first-order valence-corrected chi connectivity index (χ1v) is 11.1. The van der Waals surface area contributed by atoms with Crippen LogP contribution in [0.3, 0.4) is 0 Å². The summed E-state index contributed by atoms with van der Waals surface area (Å²) in [5.41, 5.74) is 3.86. The summed E-state index contributed by atoms with van der Waals surface area (Å²) in [6.07, 6.45) is 5.14. The molecule has 2 aromatic rings. The summed E-state index contributed by atoms with van der Waals surface area (Å²) >= 11 is 0. The second-order valence-corrected chi connectivity index (χ2v) is 9.58. The van der Waals surface area contributed by atoms with Gasteiger partial charge in [-0.2, -0.15) is 0 Å². The molecule has 0 saturated carbocycles. The molecular weight excluding hydrogens is 404 g/mol. The van der Waals surface area contributed by atoms with Crippen molar-refractivity contribution < 1.29 is 23.1 Å². The van der Waals surface area contributed by atoms with E-state index in [1.165, 1.54) is 36.6 Å². The van der Waals surface area contributed by atoms with Crippen LogP contribution in [-0.2, 0) is 34.1 Å². The van der Waals surface area contributed by atoms with Crippen molar-refractivity contribution in [2.24, 2.45) is 0 Å². The van der Waals surface area contributed by atoms with Crippen molar-refractivity contribution in [3.05, 3.63) is 76.3 Å². The van der Waals surface area contributed by atoms with Gasteiger partial charge in [-0.05, 0) is 48.6 Å². The van der Waals surface area contributed by atoms with Gasteiger partial charge in [0, 0.05) is 24.6 Å². The lowest BCUT2D eigenvalue weighted by molar-refractivity contribution is -0.117. The van der Waals surface area contributed by atoms with Crippen LogP contribution in [0.25, 0.3) is 5.76 Å². The van der Waals surface area contributed by atoms with Gasteiger partial charge in [0.25, 0.3) is 15.9 Å². The highest BCUT2D eigenvalue weighted by Gasteiger charge is 2.38. The Morgan fingerprint density at radius 2 is 1.87 bits per heavy atom. The predicted octanol–water partition coefficient (Wildman–Crippen LogP) is 2.63. The van der Waals surface area contributed by atoms with Gasteiger partial charge in [-0.25, -0.2) is 8.42 Å². The lowest BCUT2D eigenvalue weighted by atomic mass is 10.0. The fraction of sp³-hybridized carbons (Fsp3) is 0.227. The number of ether oxygens (including phenoxy) is 1. The van der Waals surface area contributed by atoms with E-state index in [-0.39, 0.29) is 21.9 Å². The Kier molecular flexibility index (Phi) is 4.14. The van der Waals surface area contributed by atoms with Crippen LogP contribution in [0.1, 0.15) is 28.7 Å². The van der Waals surface area contributed by atoms with Gasteiger partial charge < -0.3 is 15.2 Å². The minimum absolute atomic E-state index is 0.0375. The molecule has 0 atom stereocenters. The third-order valence-corrected chi connectivity index (χ3v) is 7.61. The van der Waals surface area contributed by atoms with Gasteiger partial charge in [0.2, 0.25) is 0 Å². The van der Waals surface area contributed by atoms with Gasteiger partial charge >= 0.3 is 0 Å². The highest BCUT2D eigenvalue weighted by atomic mass is 32.2. The molecule has 0 fully saturated rings. The lowest BCUT2D eigenvalue weighted by Crippen LogP contribution is -2.40. The molecule has 0 spiro atoms. The number of hydrogen-bond acceptors (Lipinski definition) is 5. The number of carbonyl (C=O) groups is 1. The number of carbonyl (C=O) groups excluding carboxylic acids is 1. The summed E-state index contributed by atoms with van der Waals surface area (Å²) in [6.45, 7) is 0. The van der Waals surface area contributed by atoms with E-state index in [4.69, 9.17) is 4.74 Å². The molecule has 2 heterocycles. The molecule has 0 bridgehead atoms. The zero-order valence-corrected chi connectivity index (χ0v) is 17.1. The van der Waals surface area contributed by atoms with Crippen molar-refractivity contribution >= 4 is 21.7 Å². The number of amides is 1. The van der Waals surface area contributed by atoms with Crippen LogP contribution in [0.15, 0.2) is 58.9 Å². The van der Waals surface area contributed by atoms with Crippen LogP contribution >= 0.6 is 0 Å². The van der Waals surface area contributed by atoms with Crippen LogP contribution in [0.2, 0.25) is 0 Å². The molecule has 0 saturated heterocycles. The first-order chi connectivity index (χ1) is 14.4. The van der Waals surface area contributed by atoms with Gasteiger partial charge in [0.1, 0.15) is 12.0 Å². The number of hydrogen-bond donors (Lipinski definition) is 2. The number of aliphatic hydroxyl groups excluding tert-OH is 1. The Balaban J connectivity index is 1.44. The molecule has 154 valence electrons. The van der Waals surface area contributed by atoms with Crippen molar-refractivity contribution in [3.8, 4) is 5.75 Å². The number of benzene rings is 2. The van der Waals surface area contributed by atoms with Crippen molar-refractivity contribution in [2.45, 2.75) is 30.6 Å². The van der Waals surface area contributed by atoms with E-state index >= 15 is 0 Å². The Labute approximate surface area is 174 Å². The van der Waals surface area contributed by atoms with Gasteiger partial charge in [-0.1, -0.05) is 18.2 Å². The molecular formula is C22H20N2O5S. The van der Waals surface area contributed by atoms with Crippen LogP contribution < -0.4 is 10.1 Å². The highest BCUT2D eigenvalue weighted by molar-refractivity contribution is 7.89. The number of sulfonamides is 1. The normalized spacial score (nSPS) is 18.7. The molecule has 2 aliphatic heterocycles. The predicted molar refractivity (Wildman–Crippen MR) is 110 cm³/mol. The zero-order chi connectivity index (χ0) is 21.0. The first kappa shape index (κ1) is 18.7. The largest absolute Gasteiger partial charge is 0.505 e. The SMILES string of the molecule is CN1C(C(=O)NC2=COc3cc4c(cc3C2)CCC4)=C(O)c2ccccc2S1(=O)=O. The van der Waals surface area contributed by atoms with E-state index in [2.05, 4.69) is 17.4 Å². The molecule has 0 aromatic heterocycles. The Hall–Kier alpha value is -3.26. The van der Waals surface area contributed by atoms with Crippen LogP contribution in [0.4, 0.5) is 0 Å². The maximum Gasteiger partial charge on any atom is 0.276 e. The maximum atomic E-state index is 13.0. The lowest BCUT2D eigenvalue weighted by Gasteiger charge is -2.29. The summed E-state index contributed by atoms with van der Waals surface area (Å²) in [7, 11) is -2.69. The second-order valence-electron chi connectivity index (χ2n) is 7.64. The topological polar surface area (TPSA) is 95.9 Å². The van der Waals surface area contributed by atoms with Crippen molar-refractivity contribution in [1.29, 1.82) is 0 Å². The Morgan fingerprint density at radius 1 is 1.13 bits per heavy atom. The third kappa shape index (κ3) is 2.79. The number of aryl methyl sites for hydroxylation is 2. The molecule has 1 aliphatic carbocycles. The Morgan fingerprint density at radius 3 is 2.67 bits per heavy atom. The number of likely N-dealkylation sites (N-methyl/N-ethyl adjacent to an activating group) is 1.